The van der Waals surface area contributed by atoms with Gasteiger partial charge in [0.2, 0.25) is 5.91 Å². The number of nitrogens with zero attached hydrogens (tertiary/aromatic N) is 2. The highest BCUT2D eigenvalue weighted by Crippen LogP contribution is 2.42. The summed E-state index contributed by atoms with van der Waals surface area (Å²) in [5.74, 6) is -0.525. The molecule has 6 rings (SSSR count). The molecule has 49 heavy (non-hydrogen) atoms. The first-order valence-electron chi connectivity index (χ1n) is 17.4. The van der Waals surface area contributed by atoms with Crippen molar-refractivity contribution in [2.75, 3.05) is 6.61 Å². The predicted molar refractivity (Wildman–Crippen MR) is 190 cm³/mol. The molecule has 3 aliphatic heterocycles. The van der Waals surface area contributed by atoms with Crippen LogP contribution in [0.5, 0.6) is 0 Å². The monoisotopic (exact) mass is 671 g/mol. The number of aliphatic hydroxyl groups excluding tert-OH is 4. The molecule has 262 valence electrons. The van der Waals surface area contributed by atoms with Crippen molar-refractivity contribution in [1.82, 2.24) is 25.3 Å². The topological polar surface area (TPSA) is 177 Å². The number of aromatic amines is 2. The van der Waals surface area contributed by atoms with Gasteiger partial charge in [0.1, 0.15) is 24.4 Å². The van der Waals surface area contributed by atoms with Gasteiger partial charge in [-0.3, -0.25) is 9.78 Å². The second kappa shape index (κ2) is 13.8. The molecule has 8 bridgehead atoms. The van der Waals surface area contributed by atoms with E-state index in [0.29, 0.717) is 6.42 Å². The molecule has 1 fully saturated rings. The fourth-order valence-electron chi connectivity index (χ4n) is 7.71. The van der Waals surface area contributed by atoms with Crippen LogP contribution in [0.25, 0.3) is 33.7 Å². The maximum Gasteiger partial charge on any atom is 0.220 e. The number of nitrogens with one attached hydrogen (secondary N) is 3. The minimum Gasteiger partial charge on any atom is -0.394 e. The molecule has 6 heterocycles. The first-order valence-corrected chi connectivity index (χ1v) is 17.4. The number of carbonyl (C=O) groups is 1. The summed E-state index contributed by atoms with van der Waals surface area (Å²) in [7, 11) is 0. The van der Waals surface area contributed by atoms with Crippen LogP contribution < -0.4 is 5.32 Å². The molecule has 1 saturated heterocycles. The lowest BCUT2D eigenvalue weighted by Crippen LogP contribution is -2.64. The van der Waals surface area contributed by atoms with Crippen molar-refractivity contribution in [3.05, 3.63) is 68.8 Å². The third-order valence-electron chi connectivity index (χ3n) is 10.8. The third-order valence-corrected chi connectivity index (χ3v) is 10.8. The van der Waals surface area contributed by atoms with Gasteiger partial charge in [0.25, 0.3) is 0 Å². The molecule has 1 unspecified atom stereocenters. The molecule has 0 aromatic carbocycles. The second-order valence-corrected chi connectivity index (χ2v) is 13.8. The zero-order valence-electron chi connectivity index (χ0n) is 29.4. The van der Waals surface area contributed by atoms with Crippen molar-refractivity contribution in [3.63, 3.8) is 0 Å². The summed E-state index contributed by atoms with van der Waals surface area (Å²) < 4.78 is 5.22. The zero-order chi connectivity index (χ0) is 35.3. The Kier molecular flexibility index (Phi) is 9.85. The summed E-state index contributed by atoms with van der Waals surface area (Å²) in [5.41, 5.74) is 14.7. The van der Waals surface area contributed by atoms with Gasteiger partial charge in [-0.05, 0) is 105 Å². The Labute approximate surface area is 286 Å². The Morgan fingerprint density at radius 3 is 2.14 bits per heavy atom. The number of rotatable bonds is 7. The molecule has 3 aliphatic rings. The molecule has 0 saturated carbocycles. The fourth-order valence-corrected chi connectivity index (χ4v) is 7.71. The van der Waals surface area contributed by atoms with Gasteiger partial charge in [0, 0.05) is 51.7 Å². The Morgan fingerprint density at radius 1 is 0.878 bits per heavy atom. The number of aromatic nitrogens is 4. The summed E-state index contributed by atoms with van der Waals surface area (Å²) in [6.07, 6.45) is -1.28. The molecular formula is C38H49N5O6. The normalized spacial score (nSPS) is 25.4. The molecule has 0 aliphatic carbocycles. The van der Waals surface area contributed by atoms with E-state index in [-0.39, 0.29) is 18.3 Å². The van der Waals surface area contributed by atoms with E-state index in [4.69, 9.17) is 14.7 Å². The van der Waals surface area contributed by atoms with Crippen LogP contribution in [-0.4, -0.2) is 83.5 Å². The number of hydrogen-bond donors (Lipinski definition) is 7. The predicted octanol–water partition coefficient (Wildman–Crippen LogP) is 4.51. The molecular weight excluding hydrogens is 622 g/mol. The lowest BCUT2D eigenvalue weighted by atomic mass is 9.85. The van der Waals surface area contributed by atoms with Gasteiger partial charge in [-0.15, -0.1) is 0 Å². The van der Waals surface area contributed by atoms with Gasteiger partial charge in [-0.1, -0.05) is 20.8 Å². The highest BCUT2D eigenvalue weighted by atomic mass is 16.6. The molecule has 11 nitrogen and oxygen atoms in total. The summed E-state index contributed by atoms with van der Waals surface area (Å²) in [6.45, 7) is 14.3. The quantitative estimate of drug-likeness (QED) is 0.192. The smallest absolute Gasteiger partial charge is 0.220 e. The van der Waals surface area contributed by atoms with E-state index in [1.807, 2.05) is 6.92 Å². The maximum atomic E-state index is 13.2. The highest BCUT2D eigenvalue weighted by molar-refractivity contribution is 5.85. The molecule has 3 aromatic rings. The standard InChI is InChI=1S/C38H49N5O6/c1-8-22-19(5)28-15-31-23(9-2)18(4)27(40-31)14-29-20(6)24(10-11-33(45)43-35-37(47)36(46)32(16-44)49-38(35)48)34(42-29)21(7)26-12-17(3)25(39-26)13-30(22)41-28/h12-15,20,24,32,35-38,40-41,44,46-48H,8-11,16H2,1-7H3,(H,43,45)/t20-,24-,32+,35+,36+,37+,38?/m0/s1. The average molecular weight is 672 g/mol. The third kappa shape index (κ3) is 6.34. The number of fused-ring (bicyclic) bond motifs is 8. The lowest BCUT2D eigenvalue weighted by Gasteiger charge is -2.40. The van der Waals surface area contributed by atoms with Crippen molar-refractivity contribution in [3.8, 4) is 0 Å². The Morgan fingerprint density at radius 2 is 1.51 bits per heavy atom. The van der Waals surface area contributed by atoms with Gasteiger partial charge in [0.05, 0.1) is 18.0 Å². The molecule has 7 N–H and O–H groups in total. The van der Waals surface area contributed by atoms with E-state index in [2.05, 4.69) is 81.1 Å². The number of allylic oxidation sites excluding steroid dienone is 1. The van der Waals surface area contributed by atoms with E-state index < -0.39 is 43.2 Å². The van der Waals surface area contributed by atoms with Crippen LogP contribution >= 0.6 is 0 Å². The summed E-state index contributed by atoms with van der Waals surface area (Å²) in [6, 6.07) is 5.24. The molecule has 3 aromatic heterocycles. The van der Waals surface area contributed by atoms with E-state index in [1.165, 1.54) is 22.3 Å². The summed E-state index contributed by atoms with van der Waals surface area (Å²) >= 11 is 0. The van der Waals surface area contributed by atoms with E-state index in [1.54, 1.807) is 0 Å². The number of ether oxygens (including phenoxy) is 1. The van der Waals surface area contributed by atoms with E-state index in [0.717, 1.165) is 68.8 Å². The minimum absolute atomic E-state index is 0.0167. The average Bonchev–Trinajstić information content (AvgIpc) is 3.78. The molecule has 11 heteroatoms. The fraction of sp³-hybridized carbons (Fsp3) is 0.500. The minimum atomic E-state index is -1.57. The number of aliphatic hydroxyl groups is 4. The number of H-pyrrole nitrogens is 2. The summed E-state index contributed by atoms with van der Waals surface area (Å²) in [4.78, 5) is 30.9. The van der Waals surface area contributed by atoms with Gasteiger partial charge in [0.15, 0.2) is 6.29 Å². The Balaban J connectivity index is 1.44. The number of amides is 1. The van der Waals surface area contributed by atoms with E-state index >= 15 is 0 Å². The first-order chi connectivity index (χ1) is 23.4. The van der Waals surface area contributed by atoms with E-state index in [9.17, 15) is 25.2 Å². The van der Waals surface area contributed by atoms with Crippen LogP contribution in [0.15, 0.2) is 18.2 Å². The lowest BCUT2D eigenvalue weighted by molar-refractivity contribution is -0.253. The van der Waals surface area contributed by atoms with Crippen molar-refractivity contribution < 1.29 is 30.0 Å². The van der Waals surface area contributed by atoms with Crippen LogP contribution in [0.4, 0.5) is 0 Å². The first kappa shape index (κ1) is 35.0. The Bertz CT molecular complexity index is 1960. The van der Waals surface area contributed by atoms with Gasteiger partial charge in [-0.2, -0.15) is 0 Å². The van der Waals surface area contributed by atoms with Crippen LogP contribution in [0.1, 0.15) is 103 Å². The zero-order valence-corrected chi connectivity index (χ0v) is 29.4. The van der Waals surface area contributed by atoms with Gasteiger partial charge < -0.3 is 40.4 Å². The molecule has 7 atom stereocenters. The Hall–Kier alpha value is -3.87. The van der Waals surface area contributed by atoms with Crippen molar-refractivity contribution in [1.29, 1.82) is 0 Å². The highest BCUT2D eigenvalue weighted by Gasteiger charge is 2.44. The summed E-state index contributed by atoms with van der Waals surface area (Å²) in [5, 5.41) is 43.3. The largest absolute Gasteiger partial charge is 0.394 e. The van der Waals surface area contributed by atoms with Crippen LogP contribution in [0.2, 0.25) is 0 Å². The van der Waals surface area contributed by atoms with Crippen molar-refractivity contribution >= 4 is 39.6 Å². The van der Waals surface area contributed by atoms with Crippen LogP contribution in [0.3, 0.4) is 0 Å². The van der Waals surface area contributed by atoms with Crippen LogP contribution in [0, 0.1) is 20.8 Å². The van der Waals surface area contributed by atoms with Gasteiger partial charge >= 0.3 is 0 Å². The van der Waals surface area contributed by atoms with Crippen LogP contribution in [-0.2, 0) is 22.4 Å². The van der Waals surface area contributed by atoms with Gasteiger partial charge in [-0.25, -0.2) is 4.98 Å². The second-order valence-electron chi connectivity index (χ2n) is 13.8. The SMILES string of the molecule is CCc1c(C)c2cc3[nH]c(cc4nc(c(C)c5nc(cc1[nH]2)C(C)=C5)[C@@H](CCC(=O)N[C@H]1C(O)O[C@H](CO)[C@@H](O)[C@@H]1O)[C@@H]4C)c(C)c3CC. The molecule has 0 radical (unpaired) electrons. The number of aryl methyl sites for hydroxylation is 4. The maximum absolute atomic E-state index is 13.2. The van der Waals surface area contributed by atoms with Crippen molar-refractivity contribution in [2.45, 2.75) is 117 Å². The molecule has 0 spiro atoms. The number of carbonyl (C=O) groups excluding carboxylic acids is 1. The molecule has 1 amide bonds. The number of hydrogen-bond acceptors (Lipinski definition) is 8. The van der Waals surface area contributed by atoms with Crippen molar-refractivity contribution in [2.24, 2.45) is 0 Å².